The summed E-state index contributed by atoms with van der Waals surface area (Å²) >= 11 is 0. The van der Waals surface area contributed by atoms with Gasteiger partial charge in [-0.2, -0.15) is 0 Å². The van der Waals surface area contributed by atoms with Gasteiger partial charge in [0, 0.05) is 23.9 Å². The van der Waals surface area contributed by atoms with E-state index in [2.05, 4.69) is 24.4 Å². The number of allylic oxidation sites excluding steroid dienone is 3. The van der Waals surface area contributed by atoms with Crippen LogP contribution in [0.1, 0.15) is 18.1 Å². The number of hydrogen-bond donors (Lipinski definition) is 1. The Bertz CT molecular complexity index is 1050. The molecule has 1 aromatic rings. The number of likely N-dealkylation sites (N-methyl/N-ethyl adjacent to an activating group) is 1. The van der Waals surface area contributed by atoms with Gasteiger partial charge in [0.25, 0.3) is 0 Å². The maximum absolute atomic E-state index is 6.35. The summed E-state index contributed by atoms with van der Waals surface area (Å²) < 4.78 is 12.7. The zero-order valence-corrected chi connectivity index (χ0v) is 15.8. The van der Waals surface area contributed by atoms with E-state index in [9.17, 15) is 0 Å². The van der Waals surface area contributed by atoms with Crippen molar-refractivity contribution in [1.29, 1.82) is 0 Å². The normalized spacial score (nSPS) is 24.0. The lowest BCUT2D eigenvalue weighted by atomic mass is 9.97. The number of hydrogen-bond acceptors (Lipinski definition) is 5. The fourth-order valence-corrected chi connectivity index (χ4v) is 3.80. The monoisotopic (exact) mass is 359 g/mol. The highest BCUT2D eigenvalue weighted by Gasteiger charge is 2.33. The summed E-state index contributed by atoms with van der Waals surface area (Å²) in [7, 11) is 1.90. The van der Waals surface area contributed by atoms with Crippen LogP contribution in [0.4, 0.5) is 11.4 Å². The van der Waals surface area contributed by atoms with Gasteiger partial charge in [0.05, 0.1) is 11.4 Å². The molecule has 27 heavy (non-hydrogen) atoms. The highest BCUT2D eigenvalue weighted by molar-refractivity contribution is 6.07. The lowest BCUT2D eigenvalue weighted by Crippen LogP contribution is -2.32. The first-order chi connectivity index (χ1) is 13.0. The summed E-state index contributed by atoms with van der Waals surface area (Å²) in [5.41, 5.74) is 7.65. The minimum Gasteiger partial charge on any atom is -0.477 e. The van der Waals surface area contributed by atoms with E-state index in [1.165, 1.54) is 5.57 Å². The molecule has 5 rings (SSSR count). The van der Waals surface area contributed by atoms with Crippen molar-refractivity contribution < 1.29 is 9.47 Å². The third kappa shape index (κ3) is 2.38. The molecule has 1 N–H and O–H groups in total. The molecule has 0 saturated heterocycles. The quantitative estimate of drug-likeness (QED) is 0.819. The van der Waals surface area contributed by atoms with Gasteiger partial charge in [-0.3, -0.25) is 0 Å². The molecule has 1 aromatic carbocycles. The molecule has 5 heteroatoms. The molecule has 2 unspecified atom stereocenters. The maximum Gasteiger partial charge on any atom is 0.161 e. The van der Waals surface area contributed by atoms with Crippen molar-refractivity contribution in [2.45, 2.75) is 33.0 Å². The average molecular weight is 359 g/mol. The first-order valence-corrected chi connectivity index (χ1v) is 9.17. The van der Waals surface area contributed by atoms with Gasteiger partial charge in [0.1, 0.15) is 11.4 Å². The molecular formula is C22H21N3O2. The number of nitrogens with one attached hydrogen (secondary N) is 1. The molecule has 0 spiro atoms. The van der Waals surface area contributed by atoms with Crippen LogP contribution in [-0.2, 0) is 0 Å². The van der Waals surface area contributed by atoms with E-state index in [1.807, 2.05) is 45.2 Å². The van der Waals surface area contributed by atoms with Crippen LogP contribution in [0.2, 0.25) is 0 Å². The molecule has 136 valence electrons. The highest BCUT2D eigenvalue weighted by Crippen LogP contribution is 2.52. The standard InChI is InChI=1S/C22H21N3O2/c1-11-5-7-15-17(9-11)26-21-12(2)20-22(13(3)19(21)24-15)27-18-10-14(23-4)6-8-16(18)25-20/h5-10,17-18,23H,1-4H3. The van der Waals surface area contributed by atoms with Crippen LogP contribution in [0.15, 0.2) is 57.7 Å². The number of ether oxygens (including phenoxy) is 2. The van der Waals surface area contributed by atoms with E-state index in [-0.39, 0.29) is 12.2 Å². The van der Waals surface area contributed by atoms with Gasteiger partial charge in [0.2, 0.25) is 0 Å². The number of rotatable bonds is 1. The van der Waals surface area contributed by atoms with E-state index < -0.39 is 0 Å². The fourth-order valence-electron chi connectivity index (χ4n) is 3.80. The first-order valence-electron chi connectivity index (χ1n) is 9.17. The SMILES string of the molecule is CNC1=CC2Oc3c(C)c4c(c(C)c3N=C2C=C1)OC1C=C(C)C=CC1=N4. The number of aliphatic imine (C=N–C) groups is 2. The second-order valence-corrected chi connectivity index (χ2v) is 7.21. The summed E-state index contributed by atoms with van der Waals surface area (Å²) in [6, 6.07) is 0. The minimum atomic E-state index is -0.189. The van der Waals surface area contributed by atoms with Crippen molar-refractivity contribution >= 4 is 22.8 Å². The van der Waals surface area contributed by atoms with Gasteiger partial charge in [-0.1, -0.05) is 11.6 Å². The largest absolute Gasteiger partial charge is 0.477 e. The Morgan fingerprint density at radius 3 is 1.93 bits per heavy atom. The zero-order chi connectivity index (χ0) is 18.7. The van der Waals surface area contributed by atoms with Crippen LogP contribution in [0, 0.1) is 13.8 Å². The summed E-state index contributed by atoms with van der Waals surface area (Å²) in [6.45, 7) is 6.13. The summed E-state index contributed by atoms with van der Waals surface area (Å²) in [5, 5.41) is 3.16. The van der Waals surface area contributed by atoms with Crippen molar-refractivity contribution in [2.24, 2.45) is 9.98 Å². The van der Waals surface area contributed by atoms with Crippen LogP contribution < -0.4 is 14.8 Å². The predicted molar refractivity (Wildman–Crippen MR) is 108 cm³/mol. The van der Waals surface area contributed by atoms with Crippen molar-refractivity contribution in [1.82, 2.24) is 5.32 Å². The summed E-state index contributed by atoms with van der Waals surface area (Å²) in [4.78, 5) is 9.79. The molecule has 4 aliphatic rings. The molecule has 2 aliphatic heterocycles. The number of fused-ring (bicyclic) bond motifs is 4. The number of benzene rings is 1. The minimum absolute atomic E-state index is 0.140. The van der Waals surface area contributed by atoms with E-state index >= 15 is 0 Å². The van der Waals surface area contributed by atoms with Crippen LogP contribution in [0.5, 0.6) is 11.5 Å². The first kappa shape index (κ1) is 16.1. The highest BCUT2D eigenvalue weighted by atomic mass is 16.5. The van der Waals surface area contributed by atoms with E-state index in [4.69, 9.17) is 19.5 Å². The Labute approximate surface area is 158 Å². The molecule has 0 aromatic heterocycles. The second-order valence-electron chi connectivity index (χ2n) is 7.21. The molecule has 0 amide bonds. The smallest absolute Gasteiger partial charge is 0.161 e. The Balaban J connectivity index is 1.66. The van der Waals surface area contributed by atoms with Crippen molar-refractivity contribution in [2.75, 3.05) is 7.05 Å². The summed E-state index contributed by atoms with van der Waals surface area (Å²) in [5.74, 6) is 1.59. The third-order valence-corrected chi connectivity index (χ3v) is 5.36. The topological polar surface area (TPSA) is 55.2 Å². The molecule has 0 bridgehead atoms. The van der Waals surface area contributed by atoms with Crippen molar-refractivity contribution in [3.8, 4) is 11.5 Å². The Kier molecular flexibility index (Phi) is 3.41. The molecule has 0 fully saturated rings. The predicted octanol–water partition coefficient (Wildman–Crippen LogP) is 4.16. The van der Waals surface area contributed by atoms with Gasteiger partial charge in [-0.05, 0) is 51.2 Å². The van der Waals surface area contributed by atoms with Crippen LogP contribution in [0.25, 0.3) is 0 Å². The maximum atomic E-state index is 6.35. The Hall–Kier alpha value is -3.08. The third-order valence-electron chi connectivity index (χ3n) is 5.36. The average Bonchev–Trinajstić information content (AvgIpc) is 2.69. The van der Waals surface area contributed by atoms with Crippen molar-refractivity contribution in [3.63, 3.8) is 0 Å². The molecule has 0 radical (unpaired) electrons. The zero-order valence-electron chi connectivity index (χ0n) is 15.8. The summed E-state index contributed by atoms with van der Waals surface area (Å²) in [6.07, 6.45) is 11.9. The molecule has 2 atom stereocenters. The second kappa shape index (κ2) is 5.71. The van der Waals surface area contributed by atoms with Crippen molar-refractivity contribution in [3.05, 3.63) is 58.9 Å². The Morgan fingerprint density at radius 1 is 0.778 bits per heavy atom. The van der Waals surface area contributed by atoms with Gasteiger partial charge < -0.3 is 14.8 Å². The van der Waals surface area contributed by atoms with Crippen LogP contribution >= 0.6 is 0 Å². The van der Waals surface area contributed by atoms with Gasteiger partial charge >= 0.3 is 0 Å². The molecule has 5 nitrogen and oxygen atoms in total. The van der Waals surface area contributed by atoms with Crippen LogP contribution in [-0.4, -0.2) is 30.7 Å². The van der Waals surface area contributed by atoms with Crippen LogP contribution in [0.3, 0.4) is 0 Å². The van der Waals surface area contributed by atoms with Gasteiger partial charge in [-0.15, -0.1) is 0 Å². The van der Waals surface area contributed by atoms with Gasteiger partial charge in [0.15, 0.2) is 23.7 Å². The molecule has 2 heterocycles. The molecule has 2 aliphatic carbocycles. The fraction of sp³-hybridized carbons (Fsp3) is 0.273. The molecule has 0 saturated carbocycles. The van der Waals surface area contributed by atoms with Gasteiger partial charge in [-0.25, -0.2) is 9.98 Å². The lowest BCUT2D eigenvalue weighted by molar-refractivity contribution is 0.295. The lowest BCUT2D eigenvalue weighted by Gasteiger charge is -2.32. The van der Waals surface area contributed by atoms with E-state index in [0.29, 0.717) is 0 Å². The molecular weight excluding hydrogens is 338 g/mol. The number of nitrogens with zero attached hydrogens (tertiary/aromatic N) is 2. The Morgan fingerprint density at radius 2 is 1.33 bits per heavy atom. The van der Waals surface area contributed by atoms with E-state index in [1.54, 1.807) is 0 Å². The van der Waals surface area contributed by atoms with E-state index in [0.717, 1.165) is 51.1 Å².